The van der Waals surface area contributed by atoms with Crippen LogP contribution in [0.5, 0.6) is 11.5 Å². The summed E-state index contributed by atoms with van der Waals surface area (Å²) in [6.07, 6.45) is 1.63. The lowest BCUT2D eigenvalue weighted by atomic mass is 9.96. The largest absolute Gasteiger partial charge is 0.508 e. The van der Waals surface area contributed by atoms with Crippen molar-refractivity contribution in [1.82, 2.24) is 79.3 Å². The fourth-order valence-electron chi connectivity index (χ4n) is 12.9. The number of nitrogens with two attached hydrogens (primary N) is 6. The first-order chi connectivity index (χ1) is 58.0. The minimum absolute atomic E-state index is 0.0115. The van der Waals surface area contributed by atoms with E-state index in [0.29, 0.717) is 55.2 Å². The highest BCUT2D eigenvalue weighted by molar-refractivity contribution is 6.00. The molecule has 1 saturated heterocycles. The summed E-state index contributed by atoms with van der Waals surface area (Å²) >= 11 is 0. The summed E-state index contributed by atoms with van der Waals surface area (Å²) in [6, 6.07) is 2.40. The van der Waals surface area contributed by atoms with E-state index < -0.39 is 212 Å². The maximum absolute atomic E-state index is 14.7. The van der Waals surface area contributed by atoms with Crippen LogP contribution in [0.3, 0.4) is 0 Å². The number of aliphatic carboxylic acids is 1. The fraction of sp³-hybridized carbons (Fsp3) is 0.562. The molecule has 1 aliphatic rings. The summed E-state index contributed by atoms with van der Waals surface area (Å²) in [6.45, 7) is 4.09. The molecule has 42 nitrogen and oxygen atoms in total. The molecule has 0 spiro atoms. The standard InChI is InChI=1S/C80H124N22O20/c1-5-45(2)66(78(121)98-56(20-10-13-35-82)74(117)95-54(67(85)110)22-15-37-88-80(86)87)101-76(119)57(21-11-14-36-83)97-75(118)55(19-9-12-34-81)96-68(111)47(4)92-73(116)58(32-33-65(108)109)93-63(106)42-90-72(115)61(44-103)100-77(120)62-23-16-38-102(62)79(122)60(41-50-26-30-52(105)31-27-50)94-64(107)43-89-71(114)59(40-48-17-7-6-8-18-48)99-69(112)46(3)91-70(113)53(84)39-49-24-28-51(104)29-25-49/h6-8,17-18,24-31,45-47,53-62,66,103-105H,5,9-16,19-23,32-44,81-84H2,1-4H3,(H2,85,110)(H,89,114)(H,90,115)(H,91,113)(H,92,116)(H,93,106)(H,94,107)(H,95,117)(H,96,111)(H,97,118)(H,98,121)(H,99,112)(H,100,120)(H,101,119)(H,108,109)(H4,86,87,88)/t45-,46+,47-,53-,54-,55-,56-,57-,58-,59-,60-,61-,62-,66-/m0/s1. The average molecular weight is 1710 g/mol. The van der Waals surface area contributed by atoms with Crippen LogP contribution in [0.15, 0.2) is 78.9 Å². The summed E-state index contributed by atoms with van der Waals surface area (Å²) in [7, 11) is 0. The number of carboxylic acid groups (broad SMARTS) is 1. The van der Waals surface area contributed by atoms with Crippen LogP contribution in [0, 0.1) is 11.3 Å². The number of primary amides is 1. The molecule has 0 unspecified atom stereocenters. The van der Waals surface area contributed by atoms with Crippen LogP contribution in [0.1, 0.15) is 147 Å². The van der Waals surface area contributed by atoms with E-state index in [1.165, 1.54) is 50.2 Å². The van der Waals surface area contributed by atoms with Gasteiger partial charge in [0.1, 0.15) is 84.0 Å². The van der Waals surface area contributed by atoms with Crippen molar-refractivity contribution in [2.45, 2.75) is 228 Å². The predicted octanol–water partition coefficient (Wildman–Crippen LogP) is -5.91. The summed E-state index contributed by atoms with van der Waals surface area (Å²) in [5.41, 5.74) is 36.1. The van der Waals surface area contributed by atoms with Crippen LogP contribution < -0.4 is 109 Å². The SMILES string of the molecule is CC[C@H](C)[C@H](NC(=O)[C@H](CCCCN)NC(=O)[C@H](CCCCN)NC(=O)[C@H](C)NC(=O)[C@H](CCC(=O)O)NC(=O)CNC(=O)[C@H](CO)NC(=O)[C@@H]1CCCN1C(=O)[C@H](Cc1ccc(O)cc1)NC(=O)CNC(=O)[C@H](Cc1ccccc1)NC(=O)[C@@H](C)NC(=O)[C@@H](N)Cc1ccc(O)cc1)C(=O)N[C@@H](CCCCN)C(=O)N[C@@H](CCCNC(=N)N)C(N)=O. The molecule has 674 valence electrons. The van der Waals surface area contributed by atoms with E-state index in [4.69, 9.17) is 39.8 Å². The lowest BCUT2D eigenvalue weighted by Crippen LogP contribution is -2.60. The van der Waals surface area contributed by atoms with Crippen molar-refractivity contribution in [2.75, 3.05) is 52.4 Å². The van der Waals surface area contributed by atoms with E-state index in [1.54, 1.807) is 56.3 Å². The first kappa shape index (κ1) is 102. The number of guanidine groups is 1. The molecule has 14 atom stereocenters. The quantitative estimate of drug-likeness (QED) is 0.0142. The van der Waals surface area contributed by atoms with Gasteiger partial charge in [0, 0.05) is 32.4 Å². The van der Waals surface area contributed by atoms with Gasteiger partial charge in [-0.1, -0.05) is 74.9 Å². The van der Waals surface area contributed by atoms with E-state index in [2.05, 4.69) is 74.4 Å². The van der Waals surface area contributed by atoms with E-state index >= 15 is 0 Å². The maximum atomic E-state index is 14.7. The molecule has 1 aliphatic heterocycles. The number of aliphatic hydroxyl groups excluding tert-OH is 1. The lowest BCUT2D eigenvalue weighted by molar-refractivity contribution is -0.142. The van der Waals surface area contributed by atoms with Gasteiger partial charge in [-0.05, 0) is 177 Å². The number of hydrogen-bond donors (Lipinski definition) is 25. The van der Waals surface area contributed by atoms with Crippen molar-refractivity contribution >= 4 is 101 Å². The summed E-state index contributed by atoms with van der Waals surface area (Å²) in [4.78, 5) is 221. The third-order valence-corrected chi connectivity index (χ3v) is 20.1. The van der Waals surface area contributed by atoms with Crippen molar-refractivity contribution in [1.29, 1.82) is 5.41 Å². The molecule has 1 heterocycles. The van der Waals surface area contributed by atoms with E-state index in [1.807, 2.05) is 0 Å². The highest BCUT2D eigenvalue weighted by Gasteiger charge is 2.41. The number of carbonyl (C=O) groups excluding carboxylic acids is 15. The predicted molar refractivity (Wildman–Crippen MR) is 446 cm³/mol. The topological polar surface area (TPSA) is 706 Å². The number of hydrogen-bond acceptors (Lipinski definition) is 24. The van der Waals surface area contributed by atoms with Crippen LogP contribution in [-0.4, -0.2) is 257 Å². The average Bonchev–Trinajstić information content (AvgIpc) is 1.64. The van der Waals surface area contributed by atoms with Crippen LogP contribution in [0.2, 0.25) is 0 Å². The number of likely N-dealkylation sites (tertiary alicyclic amines) is 1. The third-order valence-electron chi connectivity index (χ3n) is 20.1. The lowest BCUT2D eigenvalue weighted by Gasteiger charge is -2.30. The monoisotopic (exact) mass is 1710 g/mol. The normalized spacial score (nSPS) is 15.5. The molecule has 0 saturated carbocycles. The summed E-state index contributed by atoms with van der Waals surface area (Å²) in [5.74, 6) is -15.6. The van der Waals surface area contributed by atoms with Gasteiger partial charge in [0.15, 0.2) is 5.96 Å². The first-order valence-corrected chi connectivity index (χ1v) is 40.9. The molecule has 31 N–H and O–H groups in total. The first-order valence-electron chi connectivity index (χ1n) is 40.9. The molecule has 42 heteroatoms. The van der Waals surface area contributed by atoms with Crippen molar-refractivity contribution in [3.8, 4) is 11.5 Å². The Labute approximate surface area is 707 Å². The smallest absolute Gasteiger partial charge is 0.303 e. The molecule has 0 aliphatic carbocycles. The highest BCUT2D eigenvalue weighted by Crippen LogP contribution is 2.22. The Hall–Kier alpha value is -12.1. The number of aromatic hydroxyl groups is 2. The van der Waals surface area contributed by atoms with E-state index in [9.17, 15) is 97.1 Å². The molecule has 3 aromatic rings. The minimum atomic E-state index is -1.78. The highest BCUT2D eigenvalue weighted by atomic mass is 16.4. The van der Waals surface area contributed by atoms with Gasteiger partial charge in [0.25, 0.3) is 0 Å². The van der Waals surface area contributed by atoms with Crippen molar-refractivity contribution < 1.29 is 97.1 Å². The molecule has 1 fully saturated rings. The van der Waals surface area contributed by atoms with E-state index in [0.717, 1.165) is 4.90 Å². The van der Waals surface area contributed by atoms with Gasteiger partial charge in [0.05, 0.1) is 25.7 Å². The molecule has 0 aromatic heterocycles. The zero-order valence-electron chi connectivity index (χ0n) is 69.4. The third kappa shape index (κ3) is 36.8. The maximum Gasteiger partial charge on any atom is 0.303 e. The molecule has 0 bridgehead atoms. The van der Waals surface area contributed by atoms with Crippen LogP contribution >= 0.6 is 0 Å². The Balaban J connectivity index is 1.43. The Morgan fingerprint density at radius 3 is 1.38 bits per heavy atom. The Kier molecular flexibility index (Phi) is 45.4. The van der Waals surface area contributed by atoms with Crippen LogP contribution in [0.4, 0.5) is 0 Å². The molecule has 3 aromatic carbocycles. The van der Waals surface area contributed by atoms with E-state index in [-0.39, 0.29) is 121 Å². The zero-order valence-corrected chi connectivity index (χ0v) is 69.4. The van der Waals surface area contributed by atoms with Crippen LogP contribution in [-0.2, 0) is 96.0 Å². The van der Waals surface area contributed by atoms with Gasteiger partial charge in [-0.3, -0.25) is 82.1 Å². The summed E-state index contributed by atoms with van der Waals surface area (Å²) in [5, 5.41) is 82.5. The fourth-order valence-corrected chi connectivity index (χ4v) is 12.9. The number of phenolic OH excluding ortho intramolecular Hbond substituents is 2. The number of carboxylic acids is 1. The number of aliphatic hydroxyl groups is 1. The van der Waals surface area contributed by atoms with Gasteiger partial charge in [-0.25, -0.2) is 0 Å². The number of nitrogens with zero attached hydrogens (tertiary/aromatic N) is 1. The molecule has 0 radical (unpaired) electrons. The van der Waals surface area contributed by atoms with Crippen LogP contribution in [0.25, 0.3) is 0 Å². The number of rotatable bonds is 56. The minimum Gasteiger partial charge on any atom is -0.508 e. The summed E-state index contributed by atoms with van der Waals surface area (Å²) < 4.78 is 0. The van der Waals surface area contributed by atoms with Gasteiger partial charge in [-0.15, -0.1) is 0 Å². The Morgan fingerprint density at radius 2 is 0.885 bits per heavy atom. The van der Waals surface area contributed by atoms with Gasteiger partial charge < -0.3 is 134 Å². The molecule has 15 amide bonds. The molecule has 4 rings (SSSR count). The van der Waals surface area contributed by atoms with Crippen molar-refractivity contribution in [2.24, 2.45) is 40.3 Å². The number of benzene rings is 3. The second-order valence-electron chi connectivity index (χ2n) is 30.0. The zero-order chi connectivity index (χ0) is 90.5. The molecular formula is C80H124N22O20. The molecule has 122 heavy (non-hydrogen) atoms. The van der Waals surface area contributed by atoms with Crippen molar-refractivity contribution in [3.63, 3.8) is 0 Å². The van der Waals surface area contributed by atoms with Gasteiger partial charge in [-0.2, -0.15) is 0 Å². The van der Waals surface area contributed by atoms with Gasteiger partial charge in [0.2, 0.25) is 88.6 Å². The Bertz CT molecular complexity index is 3980. The second kappa shape index (κ2) is 54.2. The number of nitrogens with one attached hydrogen (secondary N) is 15. The number of carbonyl (C=O) groups is 16. The molecular weight excluding hydrogens is 1590 g/mol. The number of phenols is 2. The van der Waals surface area contributed by atoms with Crippen molar-refractivity contribution in [3.05, 3.63) is 95.6 Å². The number of unbranched alkanes of at least 4 members (excludes halogenated alkanes) is 3. The second-order valence-corrected chi connectivity index (χ2v) is 30.0. The number of amides is 15. The van der Waals surface area contributed by atoms with Gasteiger partial charge >= 0.3 is 5.97 Å². The Morgan fingerprint density at radius 1 is 0.459 bits per heavy atom.